The lowest BCUT2D eigenvalue weighted by molar-refractivity contribution is 0.0593. The second-order valence-corrected chi connectivity index (χ2v) is 8.01. The van der Waals surface area contributed by atoms with E-state index in [9.17, 15) is 9.18 Å². The third kappa shape index (κ3) is 6.05. The van der Waals surface area contributed by atoms with Crippen molar-refractivity contribution in [3.05, 3.63) is 54.1 Å². The van der Waals surface area contributed by atoms with Gasteiger partial charge in [0.05, 0.1) is 13.7 Å². The first-order valence-corrected chi connectivity index (χ1v) is 10.9. The van der Waals surface area contributed by atoms with Gasteiger partial charge in [-0.1, -0.05) is 49.7 Å². The lowest BCUT2D eigenvalue weighted by Crippen LogP contribution is -2.39. The lowest BCUT2D eigenvalue weighted by atomic mass is 9.97. The van der Waals surface area contributed by atoms with Gasteiger partial charge in [0, 0.05) is 6.54 Å². The molecule has 0 aromatic heterocycles. The Morgan fingerprint density at radius 2 is 1.87 bits per heavy atom. The summed E-state index contributed by atoms with van der Waals surface area (Å²) in [6, 6.07) is 15.6. The number of methoxy groups -OCH3 is 1. The Kier molecular flexibility index (Phi) is 8.26. The minimum absolute atomic E-state index is 0.399. The predicted molar refractivity (Wildman–Crippen MR) is 118 cm³/mol. The first-order chi connectivity index (χ1) is 14.6. The molecule has 4 nitrogen and oxygen atoms in total. The zero-order chi connectivity index (χ0) is 21.3. The summed E-state index contributed by atoms with van der Waals surface area (Å²) >= 11 is 0. The standard InChI is InChI=1S/C25H32FNO3/c1-3-7-22(26)17-27-14-12-19(13-15-27)18-30-24-16-21(20-8-5-4-6-9-20)10-11-23(24)25(28)29-2/h4-6,8-11,16,19,22H,3,7,12-15,17-18H2,1-2H3. The van der Waals surface area contributed by atoms with Crippen LogP contribution in [0, 0.1) is 5.92 Å². The van der Waals surface area contributed by atoms with Crippen molar-refractivity contribution in [3.8, 4) is 16.9 Å². The Hall–Kier alpha value is -2.40. The van der Waals surface area contributed by atoms with Gasteiger partial charge in [0.2, 0.25) is 0 Å². The van der Waals surface area contributed by atoms with E-state index in [0.29, 0.717) is 36.8 Å². The molecule has 1 fully saturated rings. The van der Waals surface area contributed by atoms with Crippen molar-refractivity contribution < 1.29 is 18.7 Å². The Balaban J connectivity index is 1.62. The Bertz CT molecular complexity index is 803. The zero-order valence-electron chi connectivity index (χ0n) is 18.0. The van der Waals surface area contributed by atoms with Crippen molar-refractivity contribution in [3.63, 3.8) is 0 Å². The maximum Gasteiger partial charge on any atom is 0.341 e. The van der Waals surface area contributed by atoms with Gasteiger partial charge in [0.1, 0.15) is 17.5 Å². The third-order valence-corrected chi connectivity index (χ3v) is 5.73. The molecule has 0 aliphatic carbocycles. The van der Waals surface area contributed by atoms with Gasteiger partial charge in [-0.2, -0.15) is 0 Å². The van der Waals surface area contributed by atoms with Gasteiger partial charge in [0.25, 0.3) is 0 Å². The van der Waals surface area contributed by atoms with Gasteiger partial charge in [-0.3, -0.25) is 0 Å². The van der Waals surface area contributed by atoms with Crippen LogP contribution in [0.15, 0.2) is 48.5 Å². The highest BCUT2D eigenvalue weighted by molar-refractivity contribution is 5.93. The highest BCUT2D eigenvalue weighted by Crippen LogP contribution is 2.29. The number of hydrogen-bond donors (Lipinski definition) is 0. The molecular formula is C25H32FNO3. The highest BCUT2D eigenvalue weighted by Gasteiger charge is 2.23. The second kappa shape index (κ2) is 11.1. The van der Waals surface area contributed by atoms with E-state index >= 15 is 0 Å². The van der Waals surface area contributed by atoms with Crippen molar-refractivity contribution in [2.24, 2.45) is 5.92 Å². The minimum Gasteiger partial charge on any atom is -0.492 e. The number of halogens is 1. The normalized spacial score (nSPS) is 16.2. The van der Waals surface area contributed by atoms with E-state index in [4.69, 9.17) is 9.47 Å². The molecule has 0 spiro atoms. The molecule has 2 aromatic carbocycles. The van der Waals surface area contributed by atoms with E-state index in [0.717, 1.165) is 43.5 Å². The van der Waals surface area contributed by atoms with E-state index in [1.165, 1.54) is 7.11 Å². The summed E-state index contributed by atoms with van der Waals surface area (Å²) in [5.74, 6) is 0.554. The number of nitrogens with zero attached hydrogens (tertiary/aromatic N) is 1. The first kappa shape index (κ1) is 22.3. The number of ether oxygens (including phenoxy) is 2. The van der Waals surface area contributed by atoms with Crippen LogP contribution in [0.3, 0.4) is 0 Å². The lowest BCUT2D eigenvalue weighted by Gasteiger charge is -2.32. The highest BCUT2D eigenvalue weighted by atomic mass is 19.1. The topological polar surface area (TPSA) is 38.8 Å². The minimum atomic E-state index is -0.730. The first-order valence-electron chi connectivity index (χ1n) is 10.9. The number of alkyl halides is 1. The molecule has 0 saturated carbocycles. The summed E-state index contributed by atoms with van der Waals surface area (Å²) < 4.78 is 24.9. The summed E-state index contributed by atoms with van der Waals surface area (Å²) in [4.78, 5) is 14.4. The van der Waals surface area contributed by atoms with Crippen molar-refractivity contribution in [2.75, 3.05) is 33.4 Å². The number of piperidine rings is 1. The average Bonchev–Trinajstić information content (AvgIpc) is 2.78. The molecule has 2 aromatic rings. The smallest absolute Gasteiger partial charge is 0.341 e. The van der Waals surface area contributed by atoms with Crippen LogP contribution < -0.4 is 4.74 Å². The van der Waals surface area contributed by atoms with E-state index in [2.05, 4.69) is 4.90 Å². The van der Waals surface area contributed by atoms with Gasteiger partial charge in [-0.05, 0) is 61.5 Å². The van der Waals surface area contributed by atoms with Gasteiger partial charge < -0.3 is 14.4 Å². The zero-order valence-corrected chi connectivity index (χ0v) is 18.0. The Morgan fingerprint density at radius 1 is 1.13 bits per heavy atom. The molecule has 0 radical (unpaired) electrons. The van der Waals surface area contributed by atoms with Crippen LogP contribution >= 0.6 is 0 Å². The molecule has 0 bridgehead atoms. The van der Waals surface area contributed by atoms with Crippen LogP contribution in [0.1, 0.15) is 43.0 Å². The van der Waals surface area contributed by atoms with Gasteiger partial charge in [-0.15, -0.1) is 0 Å². The molecular weight excluding hydrogens is 381 g/mol. The molecule has 3 rings (SSSR count). The number of esters is 1. The third-order valence-electron chi connectivity index (χ3n) is 5.73. The molecule has 5 heteroatoms. The summed E-state index contributed by atoms with van der Waals surface area (Å²) in [7, 11) is 1.38. The molecule has 0 N–H and O–H groups in total. The number of rotatable bonds is 9. The molecule has 1 aliphatic heterocycles. The second-order valence-electron chi connectivity index (χ2n) is 8.01. The molecule has 0 amide bonds. The van der Waals surface area contributed by atoms with Crippen molar-refractivity contribution in [2.45, 2.75) is 38.8 Å². The van der Waals surface area contributed by atoms with E-state index in [1.807, 2.05) is 49.4 Å². The Morgan fingerprint density at radius 3 is 2.53 bits per heavy atom. The van der Waals surface area contributed by atoms with Crippen molar-refractivity contribution >= 4 is 5.97 Å². The van der Waals surface area contributed by atoms with Crippen LogP contribution in [-0.4, -0.2) is 50.4 Å². The fourth-order valence-electron chi connectivity index (χ4n) is 3.96. The summed E-state index contributed by atoms with van der Waals surface area (Å²) in [6.07, 6.45) is 2.74. The number of likely N-dealkylation sites (tertiary alicyclic amines) is 1. The molecule has 30 heavy (non-hydrogen) atoms. The SMILES string of the molecule is CCCC(F)CN1CCC(COc2cc(-c3ccccc3)ccc2C(=O)OC)CC1. The van der Waals surface area contributed by atoms with Crippen LogP contribution in [-0.2, 0) is 4.74 Å². The molecule has 1 unspecified atom stereocenters. The monoisotopic (exact) mass is 413 g/mol. The van der Waals surface area contributed by atoms with Gasteiger partial charge in [-0.25, -0.2) is 9.18 Å². The number of hydrogen-bond acceptors (Lipinski definition) is 4. The predicted octanol–water partition coefficient (Wildman–Crippen LogP) is 5.37. The van der Waals surface area contributed by atoms with E-state index in [1.54, 1.807) is 6.07 Å². The largest absolute Gasteiger partial charge is 0.492 e. The van der Waals surface area contributed by atoms with E-state index < -0.39 is 12.1 Å². The molecule has 1 aliphatic rings. The fraction of sp³-hybridized carbons (Fsp3) is 0.480. The van der Waals surface area contributed by atoms with Crippen LogP contribution in [0.4, 0.5) is 4.39 Å². The molecule has 162 valence electrons. The van der Waals surface area contributed by atoms with Crippen LogP contribution in [0.5, 0.6) is 5.75 Å². The number of benzene rings is 2. The van der Waals surface area contributed by atoms with Crippen molar-refractivity contribution in [1.82, 2.24) is 4.90 Å². The summed E-state index contributed by atoms with van der Waals surface area (Å²) in [6.45, 7) is 4.89. The van der Waals surface area contributed by atoms with E-state index in [-0.39, 0.29) is 0 Å². The van der Waals surface area contributed by atoms with Gasteiger partial charge >= 0.3 is 5.97 Å². The molecule has 1 atom stereocenters. The Labute approximate surface area is 179 Å². The molecule has 1 heterocycles. The van der Waals surface area contributed by atoms with Crippen LogP contribution in [0.25, 0.3) is 11.1 Å². The maximum absolute atomic E-state index is 13.9. The summed E-state index contributed by atoms with van der Waals surface area (Å²) in [5, 5.41) is 0. The van der Waals surface area contributed by atoms with Gasteiger partial charge in [0.15, 0.2) is 0 Å². The van der Waals surface area contributed by atoms with Crippen LogP contribution in [0.2, 0.25) is 0 Å². The summed E-state index contributed by atoms with van der Waals surface area (Å²) in [5.41, 5.74) is 2.51. The maximum atomic E-state index is 13.9. The number of carbonyl (C=O) groups excluding carboxylic acids is 1. The number of carbonyl (C=O) groups is 1. The fourth-order valence-corrected chi connectivity index (χ4v) is 3.96. The molecule has 1 saturated heterocycles. The average molecular weight is 414 g/mol. The quantitative estimate of drug-likeness (QED) is 0.518. The van der Waals surface area contributed by atoms with Crippen molar-refractivity contribution in [1.29, 1.82) is 0 Å².